The fourth-order valence-corrected chi connectivity index (χ4v) is 2.62. The third kappa shape index (κ3) is 5.57. The normalized spacial score (nSPS) is 10.5. The van der Waals surface area contributed by atoms with Crippen LogP contribution in [0, 0.1) is 11.3 Å². The van der Waals surface area contributed by atoms with Gasteiger partial charge in [-0.1, -0.05) is 69.6 Å². The van der Waals surface area contributed by atoms with Gasteiger partial charge in [-0.25, -0.2) is 0 Å². The fourth-order valence-electron chi connectivity index (χ4n) is 2.34. The summed E-state index contributed by atoms with van der Waals surface area (Å²) in [4.78, 5) is 12.3. The van der Waals surface area contributed by atoms with Crippen molar-refractivity contribution in [3.05, 3.63) is 34.4 Å². The molecular formula is C19H28BrNO. The Morgan fingerprint density at radius 2 is 1.41 bits per heavy atom. The smallest absolute Gasteiger partial charge is 0.173 e. The monoisotopic (exact) mass is 365 g/mol. The summed E-state index contributed by atoms with van der Waals surface area (Å²) in [6, 6.07) is 6.19. The highest BCUT2D eigenvalue weighted by Gasteiger charge is 2.21. The van der Waals surface area contributed by atoms with Gasteiger partial charge in [0.25, 0.3) is 0 Å². The molecule has 0 saturated carbocycles. The summed E-state index contributed by atoms with van der Waals surface area (Å²) < 4.78 is 0. The van der Waals surface area contributed by atoms with Gasteiger partial charge in [-0.05, 0) is 34.4 Å². The van der Waals surface area contributed by atoms with Crippen LogP contribution in [0.15, 0.2) is 12.1 Å². The second-order valence-corrected chi connectivity index (χ2v) is 6.88. The van der Waals surface area contributed by atoms with E-state index in [4.69, 9.17) is 5.26 Å². The zero-order chi connectivity index (χ0) is 17.4. The quantitative estimate of drug-likeness (QED) is 0.462. The predicted octanol–water partition coefficient (Wildman–Crippen LogP) is 6.16. The molecule has 0 saturated heterocycles. The van der Waals surface area contributed by atoms with Crippen LogP contribution >= 0.6 is 15.9 Å². The molecule has 0 spiro atoms. The number of hydrogen-bond acceptors (Lipinski definition) is 2. The van der Waals surface area contributed by atoms with Crippen molar-refractivity contribution in [1.29, 1.82) is 5.26 Å². The molecule has 0 aromatic heterocycles. The maximum absolute atomic E-state index is 12.3. The van der Waals surface area contributed by atoms with Crippen molar-refractivity contribution in [3.8, 4) is 6.07 Å². The lowest BCUT2D eigenvalue weighted by Crippen LogP contribution is -2.13. The van der Waals surface area contributed by atoms with Gasteiger partial charge in [0.15, 0.2) is 5.78 Å². The molecule has 0 heterocycles. The van der Waals surface area contributed by atoms with Gasteiger partial charge in [-0.15, -0.1) is 0 Å². The maximum atomic E-state index is 12.3. The Morgan fingerprint density at radius 3 is 1.64 bits per heavy atom. The molecule has 0 aliphatic carbocycles. The van der Waals surface area contributed by atoms with E-state index in [-0.39, 0.29) is 5.78 Å². The van der Waals surface area contributed by atoms with Crippen molar-refractivity contribution in [1.82, 2.24) is 0 Å². The Labute approximate surface area is 144 Å². The molecule has 0 aliphatic rings. The van der Waals surface area contributed by atoms with Gasteiger partial charge in [-0.3, -0.25) is 4.79 Å². The second kappa shape index (κ2) is 9.79. The van der Waals surface area contributed by atoms with E-state index in [1.807, 2.05) is 0 Å². The van der Waals surface area contributed by atoms with Crippen LogP contribution in [0.4, 0.5) is 0 Å². The van der Waals surface area contributed by atoms with Crippen LogP contribution in [0.25, 0.3) is 0 Å². The predicted molar refractivity (Wildman–Crippen MR) is 98.1 cm³/mol. The number of nitrogens with zero attached hydrogens (tertiary/aromatic N) is 1. The lowest BCUT2D eigenvalue weighted by molar-refractivity contribution is 0.102. The number of carbonyl (C=O) groups excluding carboxylic acids is 1. The Hall–Kier alpha value is -1.14. The number of ketones is 1. The summed E-state index contributed by atoms with van der Waals surface area (Å²) in [7, 11) is 0. The van der Waals surface area contributed by atoms with E-state index in [1.165, 1.54) is 23.6 Å². The first kappa shape index (κ1) is 20.9. The average molecular weight is 366 g/mol. The van der Waals surface area contributed by atoms with Gasteiger partial charge in [0.05, 0.1) is 11.4 Å². The van der Waals surface area contributed by atoms with Gasteiger partial charge < -0.3 is 0 Å². The van der Waals surface area contributed by atoms with Crippen LogP contribution in [0.3, 0.4) is 0 Å². The number of rotatable bonds is 5. The fraction of sp³-hybridized carbons (Fsp3) is 0.579. The molecule has 0 atom stereocenters. The maximum Gasteiger partial charge on any atom is 0.173 e. The van der Waals surface area contributed by atoms with Crippen LogP contribution < -0.4 is 0 Å². The first-order valence-corrected chi connectivity index (χ1v) is 8.90. The molecule has 0 radical (unpaired) electrons. The minimum Gasteiger partial charge on any atom is -0.293 e. The minimum absolute atomic E-state index is 0.197. The van der Waals surface area contributed by atoms with Crippen molar-refractivity contribution >= 4 is 21.7 Å². The molecule has 0 bridgehead atoms. The van der Waals surface area contributed by atoms with E-state index in [0.717, 1.165) is 5.56 Å². The second-order valence-electron chi connectivity index (χ2n) is 6.32. The lowest BCUT2D eigenvalue weighted by Gasteiger charge is -2.21. The summed E-state index contributed by atoms with van der Waals surface area (Å²) in [6.07, 6.45) is 0. The van der Waals surface area contributed by atoms with Crippen molar-refractivity contribution in [2.75, 3.05) is 5.33 Å². The Kier molecular flexibility index (Phi) is 9.28. The summed E-state index contributed by atoms with van der Waals surface area (Å²) >= 11 is 3.32. The zero-order valence-corrected chi connectivity index (χ0v) is 16.4. The van der Waals surface area contributed by atoms with E-state index < -0.39 is 0 Å². The lowest BCUT2D eigenvalue weighted by atomic mass is 9.83. The molecule has 0 aliphatic heterocycles. The topological polar surface area (TPSA) is 40.9 Å². The summed E-state index contributed by atoms with van der Waals surface area (Å²) in [5, 5.41) is 7.72. The summed E-state index contributed by atoms with van der Waals surface area (Å²) in [5.74, 6) is 1.43. The van der Waals surface area contributed by atoms with Gasteiger partial charge in [-0.2, -0.15) is 5.26 Å². The van der Waals surface area contributed by atoms with E-state index in [1.54, 1.807) is 6.07 Å². The van der Waals surface area contributed by atoms with Crippen LogP contribution in [0.1, 0.15) is 93.3 Å². The van der Waals surface area contributed by atoms with Gasteiger partial charge >= 0.3 is 0 Å². The number of benzene rings is 1. The van der Waals surface area contributed by atoms with Crippen molar-refractivity contribution in [2.45, 2.75) is 66.2 Å². The molecule has 22 heavy (non-hydrogen) atoms. The summed E-state index contributed by atoms with van der Waals surface area (Å²) in [5.41, 5.74) is 4.66. The van der Waals surface area contributed by atoms with Crippen molar-refractivity contribution in [3.63, 3.8) is 0 Å². The molecule has 1 aromatic rings. The molecule has 1 rings (SSSR count). The Morgan fingerprint density at radius 1 is 1.05 bits per heavy atom. The number of Topliss-reactive ketones (excluding diaryl/α,β-unsaturated/α-hetero) is 1. The number of nitriles is 1. The highest BCUT2D eigenvalue weighted by molar-refractivity contribution is 9.09. The van der Waals surface area contributed by atoms with Crippen LogP contribution in [0.2, 0.25) is 0 Å². The third-order valence-corrected chi connectivity index (χ3v) is 4.04. The van der Waals surface area contributed by atoms with E-state index >= 15 is 0 Å². The minimum atomic E-state index is 0.197. The number of carbonyl (C=O) groups is 1. The molecule has 3 heteroatoms. The first-order chi connectivity index (χ1) is 10.2. The standard InChI is InChI=1S/C17H25BrO.C2H3N/c1-10(2)13-7-14(11(3)4)17(16(19)9-18)15(8-13)12(5)6;1-2-3/h7-8,10-12H,9H2,1-6H3;1H3. The molecule has 0 N–H and O–H groups in total. The van der Waals surface area contributed by atoms with E-state index in [2.05, 4.69) is 69.6 Å². The van der Waals surface area contributed by atoms with Gasteiger partial charge in [0.1, 0.15) is 0 Å². The van der Waals surface area contributed by atoms with Crippen LogP contribution in [0.5, 0.6) is 0 Å². The Bertz CT molecular complexity index is 510. The Balaban J connectivity index is 0.00000135. The first-order valence-electron chi connectivity index (χ1n) is 7.78. The summed E-state index contributed by atoms with van der Waals surface area (Å²) in [6.45, 7) is 14.5. The molecule has 1 aromatic carbocycles. The molecule has 0 amide bonds. The van der Waals surface area contributed by atoms with Gasteiger partial charge in [0, 0.05) is 12.5 Å². The average Bonchev–Trinajstić information content (AvgIpc) is 2.45. The molecule has 0 fully saturated rings. The largest absolute Gasteiger partial charge is 0.293 e. The van der Waals surface area contributed by atoms with Crippen molar-refractivity contribution < 1.29 is 4.79 Å². The van der Waals surface area contributed by atoms with E-state index in [0.29, 0.717) is 23.1 Å². The highest BCUT2D eigenvalue weighted by Crippen LogP contribution is 2.32. The number of hydrogen-bond donors (Lipinski definition) is 0. The van der Waals surface area contributed by atoms with E-state index in [9.17, 15) is 4.79 Å². The molecule has 2 nitrogen and oxygen atoms in total. The van der Waals surface area contributed by atoms with Gasteiger partial charge in [0.2, 0.25) is 0 Å². The molecule has 122 valence electrons. The number of alkyl halides is 1. The SMILES string of the molecule is CC#N.CC(C)c1cc(C(C)C)c(C(=O)CBr)c(C(C)C)c1. The number of halogens is 1. The molecular weight excluding hydrogens is 338 g/mol. The zero-order valence-electron chi connectivity index (χ0n) is 14.8. The highest BCUT2D eigenvalue weighted by atomic mass is 79.9. The van der Waals surface area contributed by atoms with Crippen molar-refractivity contribution in [2.24, 2.45) is 0 Å². The third-order valence-electron chi connectivity index (χ3n) is 3.53. The van der Waals surface area contributed by atoms with Crippen LogP contribution in [-0.4, -0.2) is 11.1 Å². The van der Waals surface area contributed by atoms with Crippen LogP contribution in [-0.2, 0) is 0 Å². The molecule has 0 unspecified atom stereocenters.